The molecular formula is C22H23IN5O2PS. The number of nitrogens with zero attached hydrogens (tertiary/aromatic N) is 5. The van der Waals surface area contributed by atoms with Gasteiger partial charge in [-0.25, -0.2) is 12.9 Å². The van der Waals surface area contributed by atoms with Gasteiger partial charge >= 0.3 is 0 Å². The van der Waals surface area contributed by atoms with Crippen LogP contribution in [0.5, 0.6) is 0 Å². The molecule has 1 fully saturated rings. The third-order valence-corrected chi connectivity index (χ3v) is 9.84. The zero-order chi connectivity index (χ0) is 22.1. The van der Waals surface area contributed by atoms with Gasteiger partial charge in [0, 0.05) is 36.8 Å². The van der Waals surface area contributed by atoms with E-state index in [1.54, 1.807) is 28.6 Å². The summed E-state index contributed by atoms with van der Waals surface area (Å²) >= 11 is 2.32. The Morgan fingerprint density at radius 2 is 1.78 bits per heavy atom. The van der Waals surface area contributed by atoms with Gasteiger partial charge in [0.05, 0.1) is 29.2 Å². The number of rotatable bonds is 6. The van der Waals surface area contributed by atoms with Gasteiger partial charge in [-0.3, -0.25) is 4.68 Å². The Morgan fingerprint density at radius 1 is 1.00 bits per heavy atom. The molecule has 0 N–H and O–H groups in total. The fourth-order valence-electron chi connectivity index (χ4n) is 4.25. The van der Waals surface area contributed by atoms with E-state index in [0.29, 0.717) is 30.3 Å². The lowest BCUT2D eigenvalue weighted by atomic mass is 9.98. The maximum atomic E-state index is 12.9. The first-order valence-electron chi connectivity index (χ1n) is 10.5. The largest absolute Gasteiger partial charge is 0.265 e. The minimum Gasteiger partial charge on any atom is -0.265 e. The lowest BCUT2D eigenvalue weighted by Crippen LogP contribution is -2.39. The molecule has 4 aromatic rings. The van der Waals surface area contributed by atoms with E-state index in [1.807, 2.05) is 22.9 Å². The molecule has 10 heteroatoms. The molecule has 0 bridgehead atoms. The van der Waals surface area contributed by atoms with E-state index in [2.05, 4.69) is 61.3 Å². The van der Waals surface area contributed by atoms with Gasteiger partial charge in [-0.1, -0.05) is 24.3 Å². The van der Waals surface area contributed by atoms with Gasteiger partial charge in [-0.2, -0.15) is 14.5 Å². The monoisotopic (exact) mass is 579 g/mol. The molecule has 2 aromatic heterocycles. The molecule has 0 amide bonds. The topological polar surface area (TPSA) is 73.0 Å². The molecule has 166 valence electrons. The van der Waals surface area contributed by atoms with Gasteiger partial charge in [-0.05, 0) is 70.6 Å². The molecule has 3 heterocycles. The van der Waals surface area contributed by atoms with E-state index in [1.165, 1.54) is 0 Å². The second kappa shape index (κ2) is 9.21. The molecule has 0 aliphatic carbocycles. The van der Waals surface area contributed by atoms with Crippen molar-refractivity contribution in [2.24, 2.45) is 5.92 Å². The molecule has 1 aliphatic heterocycles. The molecule has 0 spiro atoms. The fraction of sp³-hybridized carbons (Fsp3) is 0.273. The van der Waals surface area contributed by atoms with Crippen LogP contribution in [0.4, 0.5) is 0 Å². The lowest BCUT2D eigenvalue weighted by molar-refractivity contribution is 0.249. The van der Waals surface area contributed by atoms with Crippen LogP contribution < -0.4 is 0 Å². The van der Waals surface area contributed by atoms with Crippen molar-refractivity contribution < 1.29 is 8.42 Å². The number of hydrogen-bond donors (Lipinski definition) is 0. The second-order valence-electron chi connectivity index (χ2n) is 8.02. The third-order valence-electron chi connectivity index (χ3n) is 6.03. The van der Waals surface area contributed by atoms with E-state index < -0.39 is 10.0 Å². The molecule has 1 saturated heterocycles. The highest BCUT2D eigenvalue weighted by molar-refractivity contribution is 14.2. The smallest absolute Gasteiger partial charge is 0.243 e. The van der Waals surface area contributed by atoms with E-state index in [-0.39, 0.29) is 0 Å². The molecule has 0 radical (unpaired) electrons. The van der Waals surface area contributed by atoms with Crippen LogP contribution in [0.2, 0.25) is 0 Å². The second-order valence-corrected chi connectivity index (χ2v) is 12.0. The van der Waals surface area contributed by atoms with Crippen molar-refractivity contribution in [3.05, 3.63) is 67.1 Å². The zero-order valence-corrected chi connectivity index (χ0v) is 21.3. The van der Waals surface area contributed by atoms with Crippen LogP contribution in [0.25, 0.3) is 22.0 Å². The molecule has 1 unspecified atom stereocenters. The van der Waals surface area contributed by atoms with Crippen LogP contribution in [0.15, 0.2) is 72.0 Å². The predicted octanol–water partition coefficient (Wildman–Crippen LogP) is 4.79. The molecular weight excluding hydrogens is 556 g/mol. The van der Waals surface area contributed by atoms with Crippen LogP contribution in [0.3, 0.4) is 0 Å². The molecule has 7 nitrogen and oxygen atoms in total. The lowest BCUT2D eigenvalue weighted by Gasteiger charge is -2.31. The van der Waals surface area contributed by atoms with Gasteiger partial charge in [0.25, 0.3) is 0 Å². The van der Waals surface area contributed by atoms with Gasteiger partial charge < -0.3 is 0 Å². The van der Waals surface area contributed by atoms with Crippen molar-refractivity contribution in [3.63, 3.8) is 0 Å². The quantitative estimate of drug-likeness (QED) is 0.243. The average molecular weight is 579 g/mol. The third kappa shape index (κ3) is 4.35. The van der Waals surface area contributed by atoms with Crippen molar-refractivity contribution in [2.45, 2.75) is 24.3 Å². The summed E-state index contributed by atoms with van der Waals surface area (Å²) in [5.74, 6) is 0.405. The van der Waals surface area contributed by atoms with Crippen molar-refractivity contribution in [1.82, 2.24) is 23.6 Å². The standard InChI is InChI=1S/C22H23IN5O2PS/c23-31-28-16-20(14-25-28)18-6-7-22-19(12-18)13-24-27(22)15-17-8-10-26(11-9-17)32(29,30)21-4-2-1-3-5-21/h1-7,12-14,16-17,31H,8-11,15H2. The Bertz CT molecular complexity index is 1330. The Balaban J connectivity index is 1.27. The first-order chi connectivity index (χ1) is 15.5. The number of fused-ring (bicyclic) bond motifs is 1. The summed E-state index contributed by atoms with van der Waals surface area (Å²) in [5, 5.41) is 10.1. The Kier molecular flexibility index (Phi) is 6.33. The molecule has 2 aromatic carbocycles. The van der Waals surface area contributed by atoms with Crippen molar-refractivity contribution in [3.8, 4) is 11.1 Å². The Hall–Kier alpha value is -1.81. The maximum Gasteiger partial charge on any atom is 0.243 e. The van der Waals surface area contributed by atoms with Crippen LogP contribution in [-0.4, -0.2) is 45.1 Å². The number of benzene rings is 2. The minimum atomic E-state index is -3.41. The van der Waals surface area contributed by atoms with Crippen molar-refractivity contribution in [1.29, 1.82) is 0 Å². The SMILES string of the molecule is O=S(=O)(c1ccccc1)N1CCC(Cn2ncc3cc(-c4cnn(PI)c4)ccc32)CC1. The average Bonchev–Trinajstić information content (AvgIpc) is 3.47. The van der Waals surface area contributed by atoms with E-state index in [9.17, 15) is 8.42 Å². The van der Waals surface area contributed by atoms with Gasteiger partial charge in [0.2, 0.25) is 10.0 Å². The molecule has 1 aliphatic rings. The number of piperidine rings is 1. The highest BCUT2D eigenvalue weighted by Gasteiger charge is 2.29. The highest BCUT2D eigenvalue weighted by Crippen LogP contribution is 2.30. The zero-order valence-electron chi connectivity index (χ0n) is 17.3. The van der Waals surface area contributed by atoms with Gasteiger partial charge in [0.1, 0.15) is 0 Å². The summed E-state index contributed by atoms with van der Waals surface area (Å²) < 4.78 is 31.3. The van der Waals surface area contributed by atoms with E-state index in [0.717, 1.165) is 41.4 Å². The Labute approximate surface area is 202 Å². The minimum absolute atomic E-state index is 0.372. The van der Waals surface area contributed by atoms with Crippen LogP contribution in [-0.2, 0) is 16.6 Å². The normalized spacial score (nSPS) is 16.4. The molecule has 0 saturated carbocycles. The van der Waals surface area contributed by atoms with Gasteiger partial charge in [-0.15, -0.1) is 0 Å². The summed E-state index contributed by atoms with van der Waals surface area (Å²) in [6.45, 7) is 1.90. The van der Waals surface area contributed by atoms with E-state index >= 15 is 0 Å². The number of halogens is 1. The van der Waals surface area contributed by atoms with Crippen LogP contribution in [0, 0.1) is 5.92 Å². The Morgan fingerprint density at radius 3 is 2.50 bits per heavy atom. The highest BCUT2D eigenvalue weighted by atomic mass is 127. The van der Waals surface area contributed by atoms with Gasteiger partial charge in [0.15, 0.2) is 0 Å². The summed E-state index contributed by atoms with van der Waals surface area (Å²) in [4.78, 5) is 0.372. The van der Waals surface area contributed by atoms with Crippen molar-refractivity contribution >= 4 is 49.3 Å². The summed E-state index contributed by atoms with van der Waals surface area (Å²) in [6.07, 6.45) is 8.13. The molecule has 32 heavy (non-hydrogen) atoms. The first-order valence-corrected chi connectivity index (χ1v) is 16.0. The van der Waals surface area contributed by atoms with Crippen LogP contribution >= 0.6 is 28.4 Å². The predicted molar refractivity (Wildman–Crippen MR) is 137 cm³/mol. The van der Waals surface area contributed by atoms with Crippen molar-refractivity contribution in [2.75, 3.05) is 13.1 Å². The summed E-state index contributed by atoms with van der Waals surface area (Å²) in [5.41, 5.74) is 3.35. The summed E-state index contributed by atoms with van der Waals surface area (Å²) in [6, 6.07) is 15.1. The number of aromatic nitrogens is 4. The number of sulfonamides is 1. The fourth-order valence-corrected chi connectivity index (χ4v) is 6.82. The summed E-state index contributed by atoms with van der Waals surface area (Å²) in [7, 11) is -3.41. The first kappa shape index (κ1) is 22.0. The number of hydrogen-bond acceptors (Lipinski definition) is 4. The maximum absolute atomic E-state index is 12.9. The van der Waals surface area contributed by atoms with E-state index in [4.69, 9.17) is 0 Å². The van der Waals surface area contributed by atoms with Crippen LogP contribution in [0.1, 0.15) is 12.8 Å². The molecule has 1 atom stereocenters. The molecule has 5 rings (SSSR count).